The standard InChI is InChI=1S/C21H43NO4/c1-22(2)17-13-16-21(25)26-20(14-9-5-3-7-11-18-23)15-10-6-4-8-12-19-24/h20,23-24H,3-19H2,1-2H3. The zero-order chi connectivity index (χ0) is 19.5. The quantitative estimate of drug-likeness (QED) is 0.265. The summed E-state index contributed by atoms with van der Waals surface area (Å²) in [5.41, 5.74) is 0. The van der Waals surface area contributed by atoms with Crippen molar-refractivity contribution in [3.63, 3.8) is 0 Å². The molecule has 0 aliphatic rings. The van der Waals surface area contributed by atoms with Crippen LogP contribution in [0.3, 0.4) is 0 Å². The van der Waals surface area contributed by atoms with Crippen LogP contribution in [-0.2, 0) is 9.53 Å². The molecule has 0 unspecified atom stereocenters. The molecule has 0 saturated carbocycles. The highest BCUT2D eigenvalue weighted by molar-refractivity contribution is 5.69. The van der Waals surface area contributed by atoms with Crippen LogP contribution in [0.2, 0.25) is 0 Å². The van der Waals surface area contributed by atoms with Gasteiger partial charge in [-0.15, -0.1) is 0 Å². The summed E-state index contributed by atoms with van der Waals surface area (Å²) in [4.78, 5) is 14.2. The maximum atomic E-state index is 12.1. The van der Waals surface area contributed by atoms with Crippen LogP contribution in [0, 0.1) is 0 Å². The fraction of sp³-hybridized carbons (Fsp3) is 0.952. The van der Waals surface area contributed by atoms with Crippen LogP contribution in [0.4, 0.5) is 0 Å². The maximum Gasteiger partial charge on any atom is 0.306 e. The second kappa shape index (κ2) is 19.1. The zero-order valence-electron chi connectivity index (χ0n) is 17.3. The minimum Gasteiger partial charge on any atom is -0.462 e. The Morgan fingerprint density at radius 3 is 1.69 bits per heavy atom. The topological polar surface area (TPSA) is 70.0 Å². The summed E-state index contributed by atoms with van der Waals surface area (Å²) >= 11 is 0. The zero-order valence-corrected chi connectivity index (χ0v) is 17.3. The predicted octanol–water partition coefficient (Wildman–Crippen LogP) is 3.91. The van der Waals surface area contributed by atoms with E-state index in [2.05, 4.69) is 4.90 Å². The number of nitrogens with zero attached hydrogens (tertiary/aromatic N) is 1. The molecular formula is C21H43NO4. The Morgan fingerprint density at radius 1 is 0.769 bits per heavy atom. The minimum atomic E-state index is -0.0580. The van der Waals surface area contributed by atoms with Crippen molar-refractivity contribution < 1.29 is 19.7 Å². The first kappa shape index (κ1) is 25.4. The van der Waals surface area contributed by atoms with Gasteiger partial charge in [-0.05, 0) is 65.6 Å². The molecule has 0 fully saturated rings. The van der Waals surface area contributed by atoms with Gasteiger partial charge in [0.25, 0.3) is 0 Å². The average molecular weight is 374 g/mol. The first-order chi connectivity index (χ1) is 12.6. The van der Waals surface area contributed by atoms with E-state index in [1.807, 2.05) is 14.1 Å². The minimum absolute atomic E-state index is 0.0533. The Kier molecular flexibility index (Phi) is 18.6. The van der Waals surface area contributed by atoms with Crippen molar-refractivity contribution in [1.29, 1.82) is 0 Å². The van der Waals surface area contributed by atoms with Crippen LogP contribution in [0.25, 0.3) is 0 Å². The summed E-state index contributed by atoms with van der Waals surface area (Å²) in [5.74, 6) is -0.0580. The third kappa shape index (κ3) is 18.2. The Bertz CT molecular complexity index is 294. The lowest BCUT2D eigenvalue weighted by Gasteiger charge is -2.18. The van der Waals surface area contributed by atoms with E-state index in [0.717, 1.165) is 90.0 Å². The van der Waals surface area contributed by atoms with Crippen molar-refractivity contribution in [2.45, 2.75) is 96.0 Å². The molecule has 5 nitrogen and oxygen atoms in total. The maximum absolute atomic E-state index is 12.1. The Hall–Kier alpha value is -0.650. The lowest BCUT2D eigenvalue weighted by Crippen LogP contribution is -2.20. The summed E-state index contributed by atoms with van der Waals surface area (Å²) in [6.07, 6.45) is 14.0. The molecule has 0 radical (unpaired) electrons. The average Bonchev–Trinajstić information content (AvgIpc) is 2.60. The molecule has 0 aliphatic heterocycles. The highest BCUT2D eigenvalue weighted by Crippen LogP contribution is 2.17. The van der Waals surface area contributed by atoms with Crippen molar-refractivity contribution in [3.05, 3.63) is 0 Å². The van der Waals surface area contributed by atoms with E-state index in [0.29, 0.717) is 6.42 Å². The van der Waals surface area contributed by atoms with E-state index in [1.54, 1.807) is 0 Å². The predicted molar refractivity (Wildman–Crippen MR) is 107 cm³/mol. The highest BCUT2D eigenvalue weighted by atomic mass is 16.5. The molecule has 0 aliphatic carbocycles. The summed E-state index contributed by atoms with van der Waals surface area (Å²) in [7, 11) is 4.03. The number of hydrogen-bond acceptors (Lipinski definition) is 5. The van der Waals surface area contributed by atoms with Crippen molar-refractivity contribution in [2.75, 3.05) is 33.9 Å². The number of ether oxygens (including phenoxy) is 1. The van der Waals surface area contributed by atoms with Crippen LogP contribution >= 0.6 is 0 Å². The SMILES string of the molecule is CN(C)CCCC(=O)OC(CCCCCCCO)CCCCCCCO. The van der Waals surface area contributed by atoms with Gasteiger partial charge >= 0.3 is 5.97 Å². The number of carbonyl (C=O) groups excluding carboxylic acids is 1. The summed E-state index contributed by atoms with van der Waals surface area (Å²) < 4.78 is 5.75. The molecule has 0 bridgehead atoms. The number of hydrogen-bond donors (Lipinski definition) is 2. The number of esters is 1. The van der Waals surface area contributed by atoms with E-state index < -0.39 is 0 Å². The van der Waals surface area contributed by atoms with Gasteiger partial charge in [-0.3, -0.25) is 4.79 Å². The number of carbonyl (C=O) groups is 1. The number of unbranched alkanes of at least 4 members (excludes halogenated alkanes) is 8. The lowest BCUT2D eigenvalue weighted by atomic mass is 10.0. The van der Waals surface area contributed by atoms with Crippen LogP contribution in [-0.4, -0.2) is 61.0 Å². The lowest BCUT2D eigenvalue weighted by molar-refractivity contribution is -0.150. The largest absolute Gasteiger partial charge is 0.462 e. The third-order valence-corrected chi connectivity index (χ3v) is 4.65. The van der Waals surface area contributed by atoms with Gasteiger partial charge in [-0.1, -0.05) is 38.5 Å². The molecule has 0 aromatic rings. The first-order valence-corrected chi connectivity index (χ1v) is 10.7. The van der Waals surface area contributed by atoms with E-state index in [4.69, 9.17) is 14.9 Å². The number of rotatable bonds is 19. The molecule has 0 rings (SSSR count). The van der Waals surface area contributed by atoms with Crippen LogP contribution in [0.5, 0.6) is 0 Å². The van der Waals surface area contributed by atoms with E-state index >= 15 is 0 Å². The molecule has 156 valence electrons. The van der Waals surface area contributed by atoms with Gasteiger partial charge in [-0.25, -0.2) is 0 Å². The second-order valence-corrected chi connectivity index (χ2v) is 7.58. The molecule has 5 heteroatoms. The van der Waals surface area contributed by atoms with Crippen molar-refractivity contribution in [3.8, 4) is 0 Å². The fourth-order valence-corrected chi connectivity index (χ4v) is 3.07. The van der Waals surface area contributed by atoms with Crippen molar-refractivity contribution >= 4 is 5.97 Å². The third-order valence-electron chi connectivity index (χ3n) is 4.65. The fourth-order valence-electron chi connectivity index (χ4n) is 3.07. The summed E-state index contributed by atoms with van der Waals surface area (Å²) in [6.45, 7) is 1.47. The van der Waals surface area contributed by atoms with Gasteiger partial charge in [0, 0.05) is 19.6 Å². The highest BCUT2D eigenvalue weighted by Gasteiger charge is 2.14. The van der Waals surface area contributed by atoms with Crippen LogP contribution in [0.1, 0.15) is 89.9 Å². The normalized spacial score (nSPS) is 11.5. The second-order valence-electron chi connectivity index (χ2n) is 7.58. The van der Waals surface area contributed by atoms with Crippen LogP contribution in [0.15, 0.2) is 0 Å². The number of aliphatic hydroxyl groups is 2. The van der Waals surface area contributed by atoms with E-state index in [-0.39, 0.29) is 25.3 Å². The molecule has 0 amide bonds. The molecule has 0 atom stereocenters. The molecule has 0 heterocycles. The Morgan fingerprint density at radius 2 is 1.23 bits per heavy atom. The molecular weight excluding hydrogens is 330 g/mol. The van der Waals surface area contributed by atoms with Gasteiger partial charge in [0.05, 0.1) is 0 Å². The van der Waals surface area contributed by atoms with Crippen molar-refractivity contribution in [2.24, 2.45) is 0 Å². The van der Waals surface area contributed by atoms with Gasteiger partial charge in [-0.2, -0.15) is 0 Å². The van der Waals surface area contributed by atoms with Crippen molar-refractivity contribution in [1.82, 2.24) is 4.90 Å². The molecule has 0 spiro atoms. The summed E-state index contributed by atoms with van der Waals surface area (Å²) in [6, 6.07) is 0. The van der Waals surface area contributed by atoms with E-state index in [1.165, 1.54) is 0 Å². The molecule has 26 heavy (non-hydrogen) atoms. The first-order valence-electron chi connectivity index (χ1n) is 10.7. The summed E-state index contributed by atoms with van der Waals surface area (Å²) in [5, 5.41) is 17.6. The monoisotopic (exact) mass is 373 g/mol. The molecule has 2 N–H and O–H groups in total. The van der Waals surface area contributed by atoms with Gasteiger partial charge < -0.3 is 19.8 Å². The van der Waals surface area contributed by atoms with Gasteiger partial charge in [0.1, 0.15) is 6.10 Å². The Labute approximate surface area is 161 Å². The molecule has 0 saturated heterocycles. The van der Waals surface area contributed by atoms with E-state index in [9.17, 15) is 4.79 Å². The smallest absolute Gasteiger partial charge is 0.306 e. The van der Waals surface area contributed by atoms with Gasteiger partial charge in [0.2, 0.25) is 0 Å². The molecule has 0 aromatic carbocycles. The van der Waals surface area contributed by atoms with Crippen LogP contribution < -0.4 is 0 Å². The van der Waals surface area contributed by atoms with Gasteiger partial charge in [0.15, 0.2) is 0 Å². The number of aliphatic hydroxyl groups excluding tert-OH is 2. The Balaban J connectivity index is 4.03. The molecule has 0 aromatic heterocycles.